The zero-order valence-electron chi connectivity index (χ0n) is 11.0. The minimum atomic E-state index is -1.08. The molecule has 0 bridgehead atoms. The van der Waals surface area contributed by atoms with Crippen LogP contribution in [0.3, 0.4) is 0 Å². The molecule has 0 aliphatic rings. The van der Waals surface area contributed by atoms with E-state index < -0.39 is 11.9 Å². The Balaban J connectivity index is 0. The van der Waals surface area contributed by atoms with Gasteiger partial charge in [-0.05, 0) is 24.6 Å². The molecular formula is C14H14CaO4. The summed E-state index contributed by atoms with van der Waals surface area (Å²) < 4.78 is 0. The Labute approximate surface area is 142 Å². The zero-order valence-corrected chi connectivity index (χ0v) is 13.2. The van der Waals surface area contributed by atoms with Crippen molar-refractivity contribution in [2.45, 2.75) is 13.8 Å². The first-order chi connectivity index (χ1) is 8.43. The summed E-state index contributed by atoms with van der Waals surface area (Å²) in [5.74, 6) is -2.17. The molecule has 4 nitrogen and oxygen atoms in total. The molecule has 2 rings (SSSR count). The first-order valence-corrected chi connectivity index (χ1v) is 5.22. The molecule has 0 saturated heterocycles. The number of fused-ring (bicyclic) bond motifs is 1. The van der Waals surface area contributed by atoms with E-state index in [0.29, 0.717) is 0 Å². The number of rotatable bonds is 0. The Morgan fingerprint density at radius 2 is 0.895 bits per heavy atom. The molecule has 0 fully saturated rings. The number of carboxylic acid groups (broad SMARTS) is 2. The summed E-state index contributed by atoms with van der Waals surface area (Å²) in [6.45, 7) is 1.94. The number of hydrogen-bond donors (Lipinski definition) is 0. The third-order valence-electron chi connectivity index (χ3n) is 1.66. The molecule has 0 heterocycles. The van der Waals surface area contributed by atoms with Crippen molar-refractivity contribution in [2.75, 3.05) is 0 Å². The number of carboxylic acids is 2. The van der Waals surface area contributed by atoms with Gasteiger partial charge in [0.05, 0.1) is 0 Å². The van der Waals surface area contributed by atoms with Gasteiger partial charge >= 0.3 is 37.7 Å². The van der Waals surface area contributed by atoms with E-state index in [1.807, 2.05) is 0 Å². The van der Waals surface area contributed by atoms with E-state index in [1.165, 1.54) is 10.8 Å². The van der Waals surface area contributed by atoms with E-state index in [9.17, 15) is 0 Å². The normalized spacial score (nSPS) is 7.89. The maximum Gasteiger partial charge on any atom is 2.00 e. The molecule has 0 N–H and O–H groups in total. The largest absolute Gasteiger partial charge is 2.00 e. The summed E-state index contributed by atoms with van der Waals surface area (Å²) in [6, 6.07) is 16.7. The van der Waals surface area contributed by atoms with Gasteiger partial charge in [-0.1, -0.05) is 48.5 Å². The van der Waals surface area contributed by atoms with Crippen molar-refractivity contribution >= 4 is 60.4 Å². The van der Waals surface area contributed by atoms with Gasteiger partial charge in [0, 0.05) is 11.9 Å². The van der Waals surface area contributed by atoms with Crippen LogP contribution in [0.4, 0.5) is 0 Å². The van der Waals surface area contributed by atoms with E-state index >= 15 is 0 Å². The number of carbonyl (C=O) groups is 2. The van der Waals surface area contributed by atoms with Gasteiger partial charge in [0.15, 0.2) is 0 Å². The maximum atomic E-state index is 8.89. The first kappa shape index (κ1) is 20.2. The number of aliphatic carboxylic acids is 2. The number of carbonyl (C=O) groups excluding carboxylic acids is 2. The molecule has 0 amide bonds. The van der Waals surface area contributed by atoms with Crippen LogP contribution in [0.1, 0.15) is 13.8 Å². The molecular weight excluding hydrogens is 272 g/mol. The summed E-state index contributed by atoms with van der Waals surface area (Å²) in [7, 11) is 0. The molecule has 0 saturated carbocycles. The minimum absolute atomic E-state index is 0. The average Bonchev–Trinajstić information content (AvgIpc) is 2.28. The average molecular weight is 286 g/mol. The van der Waals surface area contributed by atoms with Crippen LogP contribution >= 0.6 is 0 Å². The Kier molecular flexibility index (Phi) is 12.7. The van der Waals surface area contributed by atoms with Crippen LogP contribution in [0, 0.1) is 0 Å². The van der Waals surface area contributed by atoms with Gasteiger partial charge in [-0.25, -0.2) is 0 Å². The van der Waals surface area contributed by atoms with E-state index in [4.69, 9.17) is 19.8 Å². The molecule has 0 aliphatic heterocycles. The first-order valence-electron chi connectivity index (χ1n) is 5.22. The van der Waals surface area contributed by atoms with Crippen LogP contribution in [-0.2, 0) is 9.59 Å². The fourth-order valence-corrected chi connectivity index (χ4v) is 1.13. The van der Waals surface area contributed by atoms with Gasteiger partial charge in [-0.15, -0.1) is 0 Å². The Morgan fingerprint density at radius 1 is 0.737 bits per heavy atom. The van der Waals surface area contributed by atoms with Gasteiger partial charge < -0.3 is 19.8 Å². The third kappa shape index (κ3) is 13.1. The van der Waals surface area contributed by atoms with Gasteiger partial charge in [0.25, 0.3) is 0 Å². The molecule has 0 aliphatic carbocycles. The smallest absolute Gasteiger partial charge is 0.550 e. The predicted molar refractivity (Wildman–Crippen MR) is 71.1 cm³/mol. The van der Waals surface area contributed by atoms with Crippen molar-refractivity contribution in [3.8, 4) is 0 Å². The van der Waals surface area contributed by atoms with Crippen LogP contribution in [-0.4, -0.2) is 49.7 Å². The summed E-state index contributed by atoms with van der Waals surface area (Å²) in [4.78, 5) is 17.8. The van der Waals surface area contributed by atoms with Crippen molar-refractivity contribution in [2.24, 2.45) is 0 Å². The molecule has 2 aromatic carbocycles. The molecule has 19 heavy (non-hydrogen) atoms. The van der Waals surface area contributed by atoms with E-state index in [1.54, 1.807) is 0 Å². The van der Waals surface area contributed by atoms with Crippen molar-refractivity contribution in [3.05, 3.63) is 48.5 Å². The molecule has 0 spiro atoms. The second kappa shape index (κ2) is 12.0. The van der Waals surface area contributed by atoms with E-state index in [2.05, 4.69) is 48.5 Å². The number of benzene rings is 2. The van der Waals surface area contributed by atoms with Crippen LogP contribution in [0.25, 0.3) is 10.8 Å². The second-order valence-electron chi connectivity index (χ2n) is 3.33. The van der Waals surface area contributed by atoms with Crippen molar-refractivity contribution < 1.29 is 19.8 Å². The number of hydrogen-bond acceptors (Lipinski definition) is 4. The predicted octanol–water partition coefficient (Wildman–Crippen LogP) is -0.0286. The molecule has 0 aromatic heterocycles. The van der Waals surface area contributed by atoms with Crippen molar-refractivity contribution in [1.82, 2.24) is 0 Å². The summed E-state index contributed by atoms with van der Waals surface area (Å²) in [6.07, 6.45) is 0. The Hall–Kier alpha value is -1.10. The summed E-state index contributed by atoms with van der Waals surface area (Å²) in [5.41, 5.74) is 0. The van der Waals surface area contributed by atoms with Gasteiger partial charge in [-0.3, -0.25) is 0 Å². The standard InChI is InChI=1S/C10H8.2C2H4O2.Ca/c1-2-6-10-8-4-3-7-9(10)5-1;2*1-2(3)4;/h1-8H;2*1H3,(H,3,4);/q;;;+2/p-2. The molecule has 5 heteroatoms. The zero-order chi connectivity index (χ0) is 14.0. The molecule has 0 atom stereocenters. The van der Waals surface area contributed by atoms with Gasteiger partial charge in [-0.2, -0.15) is 0 Å². The fourth-order valence-electron chi connectivity index (χ4n) is 1.13. The minimum Gasteiger partial charge on any atom is -0.550 e. The third-order valence-corrected chi connectivity index (χ3v) is 1.66. The monoisotopic (exact) mass is 286 g/mol. The molecule has 2 aromatic rings. The van der Waals surface area contributed by atoms with Crippen molar-refractivity contribution in [1.29, 1.82) is 0 Å². The van der Waals surface area contributed by atoms with E-state index in [0.717, 1.165) is 13.8 Å². The quantitative estimate of drug-likeness (QED) is 0.637. The van der Waals surface area contributed by atoms with Gasteiger partial charge in [0.2, 0.25) is 0 Å². The molecule has 96 valence electrons. The maximum absolute atomic E-state index is 8.89. The second-order valence-corrected chi connectivity index (χ2v) is 3.33. The summed E-state index contributed by atoms with van der Waals surface area (Å²) in [5, 5.41) is 20.4. The van der Waals surface area contributed by atoms with Crippen molar-refractivity contribution in [3.63, 3.8) is 0 Å². The van der Waals surface area contributed by atoms with Crippen LogP contribution in [0.2, 0.25) is 0 Å². The Morgan fingerprint density at radius 3 is 1.05 bits per heavy atom. The van der Waals surface area contributed by atoms with Crippen LogP contribution in [0.15, 0.2) is 48.5 Å². The van der Waals surface area contributed by atoms with Gasteiger partial charge in [0.1, 0.15) is 0 Å². The molecule has 0 unspecified atom stereocenters. The Bertz CT molecular complexity index is 426. The molecule has 0 radical (unpaired) electrons. The topological polar surface area (TPSA) is 80.3 Å². The fraction of sp³-hybridized carbons (Fsp3) is 0.143. The summed E-state index contributed by atoms with van der Waals surface area (Å²) >= 11 is 0. The van der Waals surface area contributed by atoms with E-state index in [-0.39, 0.29) is 37.7 Å². The SMILES string of the molecule is CC(=O)[O-].CC(=O)[O-].[Ca+2].c1ccc2ccccc2c1. The van der Waals surface area contributed by atoms with Crippen LogP contribution < -0.4 is 10.2 Å². The van der Waals surface area contributed by atoms with Crippen LogP contribution in [0.5, 0.6) is 0 Å².